The smallest absolute Gasteiger partial charge is 0.276 e. The SMILES string of the molecule is COc1ccc(N2CCc3c(NC(=O)CCN(C)CCO)n[nH]c3C2=O)cc1. The summed E-state index contributed by atoms with van der Waals surface area (Å²) in [5, 5.41) is 18.6. The zero-order valence-corrected chi connectivity index (χ0v) is 16.1. The Morgan fingerprint density at radius 3 is 2.79 bits per heavy atom. The molecule has 9 heteroatoms. The number of nitrogens with zero attached hydrogens (tertiary/aromatic N) is 3. The number of amides is 2. The normalized spacial score (nSPS) is 13.6. The van der Waals surface area contributed by atoms with Crippen LogP contribution in [0.3, 0.4) is 0 Å². The second kappa shape index (κ2) is 8.85. The Morgan fingerprint density at radius 1 is 1.36 bits per heavy atom. The number of carbonyl (C=O) groups is 2. The number of nitrogens with one attached hydrogen (secondary N) is 2. The molecule has 0 unspecified atom stereocenters. The van der Waals surface area contributed by atoms with Crippen LogP contribution in [-0.2, 0) is 11.2 Å². The lowest BCUT2D eigenvalue weighted by atomic mass is 10.1. The molecule has 1 aliphatic heterocycles. The molecule has 3 N–H and O–H groups in total. The third-order valence-corrected chi connectivity index (χ3v) is 4.76. The van der Waals surface area contributed by atoms with E-state index >= 15 is 0 Å². The van der Waals surface area contributed by atoms with Gasteiger partial charge in [-0.1, -0.05) is 0 Å². The number of anilines is 2. The number of aliphatic hydroxyl groups excluding tert-OH is 1. The number of methoxy groups -OCH3 is 1. The van der Waals surface area contributed by atoms with Crippen molar-refractivity contribution in [2.24, 2.45) is 0 Å². The van der Waals surface area contributed by atoms with Crippen molar-refractivity contribution in [1.29, 1.82) is 0 Å². The zero-order valence-electron chi connectivity index (χ0n) is 16.1. The summed E-state index contributed by atoms with van der Waals surface area (Å²) in [6, 6.07) is 7.29. The van der Waals surface area contributed by atoms with Crippen LogP contribution >= 0.6 is 0 Å². The molecule has 1 aromatic heterocycles. The van der Waals surface area contributed by atoms with Gasteiger partial charge in [-0.05, 0) is 37.7 Å². The maximum absolute atomic E-state index is 12.8. The monoisotopic (exact) mass is 387 g/mol. The Morgan fingerprint density at radius 2 is 2.11 bits per heavy atom. The number of fused-ring (bicyclic) bond motifs is 1. The van der Waals surface area contributed by atoms with Gasteiger partial charge in [-0.15, -0.1) is 0 Å². The van der Waals surface area contributed by atoms with Crippen molar-refractivity contribution in [2.75, 3.05) is 50.6 Å². The number of aromatic nitrogens is 2. The first kappa shape index (κ1) is 19.8. The summed E-state index contributed by atoms with van der Waals surface area (Å²) >= 11 is 0. The van der Waals surface area contributed by atoms with Crippen molar-refractivity contribution >= 4 is 23.3 Å². The van der Waals surface area contributed by atoms with E-state index in [9.17, 15) is 9.59 Å². The Labute approximate surface area is 163 Å². The maximum Gasteiger partial charge on any atom is 0.276 e. The van der Waals surface area contributed by atoms with Crippen molar-refractivity contribution in [3.05, 3.63) is 35.5 Å². The minimum absolute atomic E-state index is 0.0534. The van der Waals surface area contributed by atoms with Crippen LogP contribution in [0.2, 0.25) is 0 Å². The molecule has 0 spiro atoms. The number of hydrogen-bond donors (Lipinski definition) is 3. The molecule has 0 saturated heterocycles. The maximum atomic E-state index is 12.8. The average molecular weight is 387 g/mol. The fourth-order valence-electron chi connectivity index (χ4n) is 3.13. The lowest BCUT2D eigenvalue weighted by Crippen LogP contribution is -2.37. The van der Waals surface area contributed by atoms with Crippen molar-refractivity contribution in [3.8, 4) is 5.75 Å². The van der Waals surface area contributed by atoms with E-state index < -0.39 is 0 Å². The molecule has 9 nitrogen and oxygen atoms in total. The first-order valence-corrected chi connectivity index (χ1v) is 9.16. The van der Waals surface area contributed by atoms with E-state index in [1.54, 1.807) is 12.0 Å². The number of carbonyl (C=O) groups excluding carboxylic acids is 2. The van der Waals surface area contributed by atoms with Gasteiger partial charge in [0.15, 0.2) is 5.82 Å². The van der Waals surface area contributed by atoms with Crippen LogP contribution in [0.5, 0.6) is 5.75 Å². The highest BCUT2D eigenvalue weighted by atomic mass is 16.5. The third kappa shape index (κ3) is 4.32. The standard InChI is InChI=1S/C19H25N5O4/c1-23(11-12-25)9-8-16(26)20-18-15-7-10-24(19(27)17(15)21-22-18)13-3-5-14(28-2)6-4-13/h3-6,25H,7-12H2,1-2H3,(H2,20,21,22,26). The molecule has 0 saturated carbocycles. The topological polar surface area (TPSA) is 111 Å². The third-order valence-electron chi connectivity index (χ3n) is 4.76. The van der Waals surface area contributed by atoms with Crippen LogP contribution in [0.25, 0.3) is 0 Å². The number of benzene rings is 1. The molecule has 1 aromatic carbocycles. The number of hydrogen-bond acceptors (Lipinski definition) is 6. The molecule has 0 radical (unpaired) electrons. The summed E-state index contributed by atoms with van der Waals surface area (Å²) in [4.78, 5) is 28.6. The molecule has 150 valence electrons. The molecule has 1 aliphatic rings. The molecule has 28 heavy (non-hydrogen) atoms. The predicted octanol–water partition coefficient (Wildman–Crippen LogP) is 0.874. The Kier molecular flexibility index (Phi) is 6.27. The molecule has 2 aromatic rings. The lowest BCUT2D eigenvalue weighted by Gasteiger charge is -2.26. The van der Waals surface area contributed by atoms with E-state index in [0.717, 1.165) is 17.0 Å². The van der Waals surface area contributed by atoms with Crippen molar-refractivity contribution < 1.29 is 19.4 Å². The summed E-state index contributed by atoms with van der Waals surface area (Å²) in [6.07, 6.45) is 0.869. The minimum Gasteiger partial charge on any atom is -0.497 e. The highest BCUT2D eigenvalue weighted by Crippen LogP contribution is 2.28. The first-order chi connectivity index (χ1) is 13.5. The average Bonchev–Trinajstić information content (AvgIpc) is 3.11. The molecule has 0 atom stereocenters. The van der Waals surface area contributed by atoms with Gasteiger partial charge >= 0.3 is 0 Å². The number of H-pyrrole nitrogens is 1. The number of ether oxygens (including phenoxy) is 1. The first-order valence-electron chi connectivity index (χ1n) is 9.16. The van der Waals surface area contributed by atoms with E-state index in [-0.39, 0.29) is 24.8 Å². The van der Waals surface area contributed by atoms with E-state index in [4.69, 9.17) is 9.84 Å². The molecular weight excluding hydrogens is 362 g/mol. The van der Waals surface area contributed by atoms with E-state index in [1.165, 1.54) is 0 Å². The number of aliphatic hydroxyl groups is 1. The summed E-state index contributed by atoms with van der Waals surface area (Å²) in [5.74, 6) is 0.781. The summed E-state index contributed by atoms with van der Waals surface area (Å²) in [7, 11) is 3.44. The van der Waals surface area contributed by atoms with E-state index in [1.807, 2.05) is 36.2 Å². The van der Waals surface area contributed by atoms with Gasteiger partial charge in [-0.25, -0.2) is 0 Å². The zero-order chi connectivity index (χ0) is 20.1. The molecule has 2 amide bonds. The number of rotatable bonds is 8. The quantitative estimate of drug-likeness (QED) is 0.620. The number of aromatic amines is 1. The van der Waals surface area contributed by atoms with Crippen LogP contribution in [0.1, 0.15) is 22.5 Å². The highest BCUT2D eigenvalue weighted by molar-refractivity contribution is 6.08. The molecule has 2 heterocycles. The van der Waals surface area contributed by atoms with Crippen molar-refractivity contribution in [1.82, 2.24) is 15.1 Å². The van der Waals surface area contributed by atoms with Gasteiger partial charge in [0, 0.05) is 37.3 Å². The van der Waals surface area contributed by atoms with Gasteiger partial charge in [0.05, 0.1) is 13.7 Å². The van der Waals surface area contributed by atoms with E-state index in [2.05, 4.69) is 15.5 Å². The Balaban J connectivity index is 1.66. The van der Waals surface area contributed by atoms with Crippen LogP contribution < -0.4 is 15.0 Å². The second-order valence-corrected chi connectivity index (χ2v) is 6.66. The fraction of sp³-hybridized carbons (Fsp3) is 0.421. The summed E-state index contributed by atoms with van der Waals surface area (Å²) < 4.78 is 5.15. The Bertz CT molecular complexity index is 833. The summed E-state index contributed by atoms with van der Waals surface area (Å²) in [6.45, 7) is 1.60. The van der Waals surface area contributed by atoms with Gasteiger partial charge < -0.3 is 25.0 Å². The largest absolute Gasteiger partial charge is 0.497 e. The molecule has 0 fully saturated rings. The lowest BCUT2D eigenvalue weighted by molar-refractivity contribution is -0.116. The van der Waals surface area contributed by atoms with Crippen LogP contribution in [0.15, 0.2) is 24.3 Å². The van der Waals surface area contributed by atoms with Gasteiger partial charge in [0.2, 0.25) is 5.91 Å². The highest BCUT2D eigenvalue weighted by Gasteiger charge is 2.30. The van der Waals surface area contributed by atoms with Crippen molar-refractivity contribution in [2.45, 2.75) is 12.8 Å². The van der Waals surface area contributed by atoms with Gasteiger partial charge in [0.25, 0.3) is 5.91 Å². The molecular formula is C19H25N5O4. The minimum atomic E-state index is -0.179. The molecule has 0 bridgehead atoms. The second-order valence-electron chi connectivity index (χ2n) is 6.66. The van der Waals surface area contributed by atoms with Crippen LogP contribution in [-0.4, -0.2) is 72.4 Å². The molecule has 0 aliphatic carbocycles. The van der Waals surface area contributed by atoms with Crippen molar-refractivity contribution in [3.63, 3.8) is 0 Å². The van der Waals surface area contributed by atoms with Gasteiger partial charge in [-0.2, -0.15) is 5.10 Å². The number of likely N-dealkylation sites (N-methyl/N-ethyl adjacent to an activating group) is 1. The van der Waals surface area contributed by atoms with Gasteiger partial charge in [0.1, 0.15) is 11.4 Å². The van der Waals surface area contributed by atoms with Crippen LogP contribution in [0.4, 0.5) is 11.5 Å². The van der Waals surface area contributed by atoms with E-state index in [0.29, 0.717) is 37.6 Å². The Hall–Kier alpha value is -2.91. The van der Waals surface area contributed by atoms with Gasteiger partial charge in [-0.3, -0.25) is 14.7 Å². The predicted molar refractivity (Wildman–Crippen MR) is 105 cm³/mol. The van der Waals surface area contributed by atoms with Crippen LogP contribution in [0, 0.1) is 0 Å². The summed E-state index contributed by atoms with van der Waals surface area (Å²) in [5.41, 5.74) is 1.91. The fourth-order valence-corrected chi connectivity index (χ4v) is 3.13. The molecule has 3 rings (SSSR count).